The molecular weight excluding hydrogens is 206 g/mol. The molecule has 1 aromatic heterocycles. The maximum atomic E-state index is 6.18. The molecule has 0 aliphatic heterocycles. The van der Waals surface area contributed by atoms with Crippen molar-refractivity contribution in [2.45, 2.75) is 38.6 Å². The Kier molecular flexibility index (Phi) is 3.25. The number of nitrogens with zero attached hydrogens (tertiary/aromatic N) is 2. The Morgan fingerprint density at radius 2 is 2.31 bits per heavy atom. The summed E-state index contributed by atoms with van der Waals surface area (Å²) < 4.78 is 10.5. The molecule has 0 bridgehead atoms. The minimum Gasteiger partial charge on any atom is -0.381 e. The number of nitrogens with two attached hydrogens (primary N) is 1. The van der Waals surface area contributed by atoms with E-state index in [0.29, 0.717) is 37.3 Å². The van der Waals surface area contributed by atoms with Crippen LogP contribution in [0.1, 0.15) is 38.4 Å². The molecule has 0 saturated heterocycles. The highest BCUT2D eigenvalue weighted by Gasteiger charge is 2.43. The summed E-state index contributed by atoms with van der Waals surface area (Å²) >= 11 is 0. The largest absolute Gasteiger partial charge is 0.381 e. The second-order valence-corrected chi connectivity index (χ2v) is 4.52. The molecule has 1 atom stereocenters. The van der Waals surface area contributed by atoms with Crippen molar-refractivity contribution < 1.29 is 9.26 Å². The fraction of sp³-hybridized carbons (Fsp3) is 0.818. The molecule has 0 aromatic carbocycles. The average molecular weight is 225 g/mol. The van der Waals surface area contributed by atoms with Gasteiger partial charge in [-0.05, 0) is 32.6 Å². The highest BCUT2D eigenvalue weighted by molar-refractivity contribution is 5.07. The van der Waals surface area contributed by atoms with Crippen molar-refractivity contribution in [1.29, 1.82) is 0 Å². The lowest BCUT2D eigenvalue weighted by atomic mass is 9.97. The maximum Gasteiger partial charge on any atom is 0.246 e. The molecule has 0 amide bonds. The Hall–Kier alpha value is -0.940. The fourth-order valence-corrected chi connectivity index (χ4v) is 1.74. The normalized spacial score (nSPS) is 19.7. The molecule has 1 fully saturated rings. The second-order valence-electron chi connectivity index (χ2n) is 4.52. The Morgan fingerprint density at radius 1 is 1.56 bits per heavy atom. The first-order valence-electron chi connectivity index (χ1n) is 5.84. The lowest BCUT2D eigenvalue weighted by molar-refractivity contribution is 0.149. The van der Waals surface area contributed by atoms with Crippen LogP contribution in [-0.2, 0) is 16.7 Å². The van der Waals surface area contributed by atoms with Crippen molar-refractivity contribution in [1.82, 2.24) is 10.1 Å². The lowest BCUT2D eigenvalue weighted by Gasteiger charge is -2.18. The minimum atomic E-state index is -0.461. The summed E-state index contributed by atoms with van der Waals surface area (Å²) in [5, 5.41) is 3.92. The van der Waals surface area contributed by atoms with E-state index in [1.54, 1.807) is 0 Å². The van der Waals surface area contributed by atoms with Crippen LogP contribution in [0, 0.1) is 5.92 Å². The van der Waals surface area contributed by atoms with Gasteiger partial charge in [0.15, 0.2) is 5.82 Å². The third-order valence-corrected chi connectivity index (χ3v) is 3.03. The predicted molar refractivity (Wildman–Crippen MR) is 58.8 cm³/mol. The average Bonchev–Trinajstić information content (AvgIpc) is 3.00. The smallest absolute Gasteiger partial charge is 0.246 e. The summed E-state index contributed by atoms with van der Waals surface area (Å²) in [6.07, 6.45) is 2.99. The van der Waals surface area contributed by atoms with Crippen molar-refractivity contribution in [3.63, 3.8) is 0 Å². The van der Waals surface area contributed by atoms with E-state index in [-0.39, 0.29) is 0 Å². The van der Waals surface area contributed by atoms with Crippen molar-refractivity contribution >= 4 is 0 Å². The van der Waals surface area contributed by atoms with Gasteiger partial charge in [0.1, 0.15) is 0 Å². The SMILES string of the molecule is CCOCCc1noc(C(C)(N)C2CC2)n1. The number of hydrogen-bond acceptors (Lipinski definition) is 5. The van der Waals surface area contributed by atoms with Crippen molar-refractivity contribution in [3.8, 4) is 0 Å². The lowest BCUT2D eigenvalue weighted by Crippen LogP contribution is -2.35. The van der Waals surface area contributed by atoms with Gasteiger partial charge in [0.25, 0.3) is 0 Å². The zero-order chi connectivity index (χ0) is 11.6. The topological polar surface area (TPSA) is 74.2 Å². The first-order chi connectivity index (χ1) is 7.64. The molecule has 1 unspecified atom stereocenters. The van der Waals surface area contributed by atoms with Crippen LogP contribution in [0.25, 0.3) is 0 Å². The van der Waals surface area contributed by atoms with Crippen LogP contribution in [0.2, 0.25) is 0 Å². The number of aromatic nitrogens is 2. The van der Waals surface area contributed by atoms with E-state index < -0.39 is 5.54 Å². The van der Waals surface area contributed by atoms with Gasteiger partial charge in [-0.25, -0.2) is 0 Å². The highest BCUT2D eigenvalue weighted by Crippen LogP contribution is 2.43. The molecule has 2 rings (SSSR count). The van der Waals surface area contributed by atoms with Crippen LogP contribution >= 0.6 is 0 Å². The summed E-state index contributed by atoms with van der Waals surface area (Å²) in [4.78, 5) is 4.33. The second kappa shape index (κ2) is 4.51. The molecule has 2 N–H and O–H groups in total. The molecule has 5 heteroatoms. The van der Waals surface area contributed by atoms with E-state index in [4.69, 9.17) is 15.0 Å². The summed E-state index contributed by atoms with van der Waals surface area (Å²) in [6, 6.07) is 0. The molecule has 0 spiro atoms. The summed E-state index contributed by atoms with van der Waals surface area (Å²) in [5.74, 6) is 1.73. The van der Waals surface area contributed by atoms with Gasteiger partial charge in [-0.15, -0.1) is 0 Å². The Morgan fingerprint density at radius 3 is 2.94 bits per heavy atom. The highest BCUT2D eigenvalue weighted by atomic mass is 16.5. The van der Waals surface area contributed by atoms with Gasteiger partial charge in [-0.3, -0.25) is 0 Å². The van der Waals surface area contributed by atoms with Crippen LogP contribution in [0.5, 0.6) is 0 Å². The Bertz CT molecular complexity index is 345. The van der Waals surface area contributed by atoms with Gasteiger partial charge in [0, 0.05) is 13.0 Å². The molecule has 16 heavy (non-hydrogen) atoms. The molecule has 1 aromatic rings. The zero-order valence-electron chi connectivity index (χ0n) is 9.90. The van der Waals surface area contributed by atoms with E-state index in [9.17, 15) is 0 Å². The first-order valence-corrected chi connectivity index (χ1v) is 5.84. The fourth-order valence-electron chi connectivity index (χ4n) is 1.74. The van der Waals surface area contributed by atoms with Gasteiger partial charge in [0.05, 0.1) is 12.1 Å². The Balaban J connectivity index is 1.96. The monoisotopic (exact) mass is 225 g/mol. The molecule has 90 valence electrons. The third kappa shape index (κ3) is 2.41. The quantitative estimate of drug-likeness (QED) is 0.737. The molecular formula is C11H19N3O2. The maximum absolute atomic E-state index is 6.18. The van der Waals surface area contributed by atoms with Gasteiger partial charge in [0.2, 0.25) is 5.89 Å². The molecule has 1 aliphatic carbocycles. The molecule has 1 heterocycles. The van der Waals surface area contributed by atoms with Gasteiger partial charge < -0.3 is 15.0 Å². The van der Waals surface area contributed by atoms with Crippen LogP contribution < -0.4 is 5.73 Å². The van der Waals surface area contributed by atoms with E-state index in [0.717, 1.165) is 12.8 Å². The van der Waals surface area contributed by atoms with Crippen molar-refractivity contribution in [2.24, 2.45) is 11.7 Å². The predicted octanol–water partition coefficient (Wildman–Crippen LogP) is 1.23. The van der Waals surface area contributed by atoms with Crippen LogP contribution in [0.15, 0.2) is 4.52 Å². The number of rotatable bonds is 6. The van der Waals surface area contributed by atoms with Crippen molar-refractivity contribution in [3.05, 3.63) is 11.7 Å². The summed E-state index contributed by atoms with van der Waals surface area (Å²) in [7, 11) is 0. The summed E-state index contributed by atoms with van der Waals surface area (Å²) in [6.45, 7) is 5.26. The van der Waals surface area contributed by atoms with E-state index in [1.165, 1.54) is 0 Å². The minimum absolute atomic E-state index is 0.461. The zero-order valence-corrected chi connectivity index (χ0v) is 9.90. The van der Waals surface area contributed by atoms with Crippen LogP contribution in [-0.4, -0.2) is 23.4 Å². The Labute approximate surface area is 95.3 Å². The van der Waals surface area contributed by atoms with Crippen LogP contribution in [0.3, 0.4) is 0 Å². The summed E-state index contributed by atoms with van der Waals surface area (Å²) in [5.41, 5.74) is 5.72. The molecule has 1 aliphatic rings. The van der Waals surface area contributed by atoms with Crippen LogP contribution in [0.4, 0.5) is 0 Å². The first kappa shape index (κ1) is 11.5. The molecule has 5 nitrogen and oxygen atoms in total. The van der Waals surface area contributed by atoms with E-state index in [2.05, 4.69) is 10.1 Å². The molecule has 0 radical (unpaired) electrons. The number of ether oxygens (including phenoxy) is 1. The standard InChI is InChI=1S/C11H19N3O2/c1-3-15-7-6-9-13-10(16-14-9)11(2,12)8-4-5-8/h8H,3-7,12H2,1-2H3. The van der Waals surface area contributed by atoms with Crippen molar-refractivity contribution in [2.75, 3.05) is 13.2 Å². The van der Waals surface area contributed by atoms with Gasteiger partial charge in [-0.2, -0.15) is 4.98 Å². The van der Waals surface area contributed by atoms with Gasteiger partial charge in [-0.1, -0.05) is 5.16 Å². The van der Waals surface area contributed by atoms with E-state index in [1.807, 2.05) is 13.8 Å². The van der Waals surface area contributed by atoms with E-state index >= 15 is 0 Å². The third-order valence-electron chi connectivity index (χ3n) is 3.03. The number of hydrogen-bond donors (Lipinski definition) is 1. The van der Waals surface area contributed by atoms with Gasteiger partial charge >= 0.3 is 0 Å². The molecule has 1 saturated carbocycles.